The minimum absolute atomic E-state index is 0.630. The predicted molar refractivity (Wildman–Crippen MR) is 61.0 cm³/mol. The van der Waals surface area contributed by atoms with E-state index in [2.05, 4.69) is 10.1 Å². The summed E-state index contributed by atoms with van der Waals surface area (Å²) >= 11 is 0. The molecule has 16 heavy (non-hydrogen) atoms. The molecule has 2 rings (SSSR count). The van der Waals surface area contributed by atoms with Crippen LogP contribution in [0, 0.1) is 13.8 Å². The van der Waals surface area contributed by atoms with E-state index in [0.29, 0.717) is 0 Å². The first-order chi connectivity index (χ1) is 7.56. The fourth-order valence-corrected chi connectivity index (χ4v) is 1.80. The van der Waals surface area contributed by atoms with E-state index in [4.69, 9.17) is 0 Å². The van der Waals surface area contributed by atoms with Crippen molar-refractivity contribution >= 4 is 0 Å². The zero-order chi connectivity index (χ0) is 11.7. The molecule has 4 heteroatoms. The lowest BCUT2D eigenvalue weighted by Gasteiger charge is -2.10. The minimum Gasteiger partial charge on any atom is -0.384 e. The van der Waals surface area contributed by atoms with Gasteiger partial charge in [-0.25, -0.2) is 0 Å². The highest BCUT2D eigenvalue weighted by Crippen LogP contribution is 2.22. The van der Waals surface area contributed by atoms with Gasteiger partial charge in [-0.05, 0) is 31.5 Å². The third-order valence-corrected chi connectivity index (χ3v) is 2.46. The molecule has 0 saturated heterocycles. The molecule has 2 aromatic heterocycles. The topological polar surface area (TPSA) is 50.9 Å². The molecular formula is C12H15N3O. The molecule has 0 fully saturated rings. The quantitative estimate of drug-likeness (QED) is 0.829. The van der Waals surface area contributed by atoms with E-state index < -0.39 is 6.10 Å². The molecule has 0 radical (unpaired) electrons. The van der Waals surface area contributed by atoms with Gasteiger partial charge in [-0.1, -0.05) is 0 Å². The zero-order valence-corrected chi connectivity index (χ0v) is 9.68. The molecule has 1 unspecified atom stereocenters. The van der Waals surface area contributed by atoms with Gasteiger partial charge in [0.15, 0.2) is 0 Å². The first-order valence-corrected chi connectivity index (χ1v) is 5.18. The number of aliphatic hydroxyl groups is 1. The Hall–Kier alpha value is -1.68. The van der Waals surface area contributed by atoms with Crippen molar-refractivity contribution in [2.75, 3.05) is 0 Å². The molecule has 0 spiro atoms. The van der Waals surface area contributed by atoms with Crippen molar-refractivity contribution < 1.29 is 5.11 Å². The fraction of sp³-hybridized carbons (Fsp3) is 0.333. The number of rotatable bonds is 2. The van der Waals surface area contributed by atoms with Crippen LogP contribution in [-0.4, -0.2) is 19.9 Å². The van der Waals surface area contributed by atoms with Crippen LogP contribution in [-0.2, 0) is 7.05 Å². The molecular weight excluding hydrogens is 202 g/mol. The second kappa shape index (κ2) is 4.06. The lowest BCUT2D eigenvalue weighted by Crippen LogP contribution is -2.01. The second-order valence-corrected chi connectivity index (χ2v) is 4.03. The van der Waals surface area contributed by atoms with E-state index in [1.807, 2.05) is 39.2 Å². The zero-order valence-electron chi connectivity index (χ0n) is 9.68. The molecule has 4 nitrogen and oxygen atoms in total. The van der Waals surface area contributed by atoms with Crippen molar-refractivity contribution in [2.24, 2.45) is 7.05 Å². The van der Waals surface area contributed by atoms with Crippen LogP contribution in [0.3, 0.4) is 0 Å². The first-order valence-electron chi connectivity index (χ1n) is 5.18. The standard InChI is InChI=1S/C12H15N3O/c1-8-4-10(5-9(2)14-8)12(16)11-6-13-15(3)7-11/h4-7,12,16H,1-3H3. The number of aryl methyl sites for hydroxylation is 3. The monoisotopic (exact) mass is 217 g/mol. The highest BCUT2D eigenvalue weighted by atomic mass is 16.3. The summed E-state index contributed by atoms with van der Waals surface area (Å²) < 4.78 is 1.68. The summed E-state index contributed by atoms with van der Waals surface area (Å²) in [5.41, 5.74) is 3.49. The van der Waals surface area contributed by atoms with Gasteiger partial charge in [0.25, 0.3) is 0 Å². The van der Waals surface area contributed by atoms with Crippen LogP contribution in [0.2, 0.25) is 0 Å². The summed E-state index contributed by atoms with van der Waals surface area (Å²) in [6.07, 6.45) is 2.86. The van der Waals surface area contributed by atoms with Gasteiger partial charge in [-0.2, -0.15) is 5.10 Å². The lowest BCUT2D eigenvalue weighted by atomic mass is 10.0. The van der Waals surface area contributed by atoms with Crippen molar-refractivity contribution in [1.29, 1.82) is 0 Å². The number of hydrogen-bond donors (Lipinski definition) is 1. The molecule has 2 aromatic rings. The molecule has 0 saturated carbocycles. The maximum absolute atomic E-state index is 10.2. The Morgan fingerprint density at radius 1 is 1.19 bits per heavy atom. The van der Waals surface area contributed by atoms with Crippen LogP contribution in [0.5, 0.6) is 0 Å². The summed E-state index contributed by atoms with van der Waals surface area (Å²) in [5, 5.41) is 14.2. The number of nitrogens with zero attached hydrogens (tertiary/aromatic N) is 3. The van der Waals surface area contributed by atoms with Gasteiger partial charge < -0.3 is 5.11 Å². The van der Waals surface area contributed by atoms with E-state index in [0.717, 1.165) is 22.5 Å². The van der Waals surface area contributed by atoms with Crippen molar-refractivity contribution in [3.8, 4) is 0 Å². The Balaban J connectivity index is 2.37. The predicted octanol–water partition coefficient (Wildman–Crippen LogP) is 1.51. The Morgan fingerprint density at radius 3 is 2.31 bits per heavy atom. The van der Waals surface area contributed by atoms with Crippen LogP contribution in [0.15, 0.2) is 24.5 Å². The molecule has 0 bridgehead atoms. The maximum Gasteiger partial charge on any atom is 0.107 e. The second-order valence-electron chi connectivity index (χ2n) is 4.03. The average molecular weight is 217 g/mol. The summed E-state index contributed by atoms with van der Waals surface area (Å²) in [7, 11) is 1.83. The van der Waals surface area contributed by atoms with E-state index in [1.165, 1.54) is 0 Å². The molecule has 0 aromatic carbocycles. The molecule has 84 valence electrons. The molecule has 0 aliphatic rings. The Labute approximate surface area is 94.6 Å². The van der Waals surface area contributed by atoms with Crippen LogP contribution in [0.4, 0.5) is 0 Å². The van der Waals surface area contributed by atoms with Gasteiger partial charge in [0, 0.05) is 30.2 Å². The van der Waals surface area contributed by atoms with Crippen LogP contribution >= 0.6 is 0 Å². The van der Waals surface area contributed by atoms with E-state index in [-0.39, 0.29) is 0 Å². The van der Waals surface area contributed by atoms with Gasteiger partial charge >= 0.3 is 0 Å². The molecule has 0 aliphatic heterocycles. The minimum atomic E-state index is -0.630. The molecule has 2 heterocycles. The van der Waals surface area contributed by atoms with Crippen LogP contribution < -0.4 is 0 Å². The largest absolute Gasteiger partial charge is 0.384 e. The average Bonchev–Trinajstić information content (AvgIpc) is 2.62. The highest BCUT2D eigenvalue weighted by molar-refractivity contribution is 5.29. The smallest absolute Gasteiger partial charge is 0.107 e. The first kappa shape index (κ1) is 10.8. The number of aliphatic hydroxyl groups excluding tert-OH is 1. The van der Waals surface area contributed by atoms with Gasteiger partial charge in [0.2, 0.25) is 0 Å². The summed E-state index contributed by atoms with van der Waals surface area (Å²) in [6.45, 7) is 3.85. The molecule has 0 amide bonds. The fourth-order valence-electron chi connectivity index (χ4n) is 1.80. The normalized spacial score (nSPS) is 12.8. The van der Waals surface area contributed by atoms with E-state index in [1.54, 1.807) is 10.9 Å². The van der Waals surface area contributed by atoms with Crippen molar-refractivity contribution in [3.05, 3.63) is 47.0 Å². The Kier molecular flexibility index (Phi) is 2.75. The van der Waals surface area contributed by atoms with Gasteiger partial charge in [-0.15, -0.1) is 0 Å². The molecule has 1 atom stereocenters. The van der Waals surface area contributed by atoms with Gasteiger partial charge in [0.05, 0.1) is 6.20 Å². The summed E-state index contributed by atoms with van der Waals surface area (Å²) in [4.78, 5) is 4.28. The number of pyridine rings is 1. The van der Waals surface area contributed by atoms with Gasteiger partial charge in [0.1, 0.15) is 6.10 Å². The summed E-state index contributed by atoms with van der Waals surface area (Å²) in [6, 6.07) is 3.79. The molecule has 0 aliphatic carbocycles. The lowest BCUT2D eigenvalue weighted by molar-refractivity contribution is 0.220. The highest BCUT2D eigenvalue weighted by Gasteiger charge is 2.13. The molecule has 1 N–H and O–H groups in total. The Morgan fingerprint density at radius 2 is 1.81 bits per heavy atom. The van der Waals surface area contributed by atoms with E-state index >= 15 is 0 Å². The van der Waals surface area contributed by atoms with Crippen molar-refractivity contribution in [2.45, 2.75) is 20.0 Å². The maximum atomic E-state index is 10.2. The number of aromatic nitrogens is 3. The van der Waals surface area contributed by atoms with E-state index in [9.17, 15) is 5.11 Å². The third kappa shape index (κ3) is 2.12. The summed E-state index contributed by atoms with van der Waals surface area (Å²) in [5.74, 6) is 0. The van der Waals surface area contributed by atoms with Crippen molar-refractivity contribution in [3.63, 3.8) is 0 Å². The van der Waals surface area contributed by atoms with Crippen LogP contribution in [0.25, 0.3) is 0 Å². The van der Waals surface area contributed by atoms with Crippen LogP contribution in [0.1, 0.15) is 28.6 Å². The third-order valence-electron chi connectivity index (χ3n) is 2.46. The Bertz CT molecular complexity index is 484. The van der Waals surface area contributed by atoms with Crippen molar-refractivity contribution in [1.82, 2.24) is 14.8 Å². The van der Waals surface area contributed by atoms with Gasteiger partial charge in [-0.3, -0.25) is 9.67 Å². The SMILES string of the molecule is Cc1cc(C(O)c2cnn(C)c2)cc(C)n1. The number of hydrogen-bond acceptors (Lipinski definition) is 3.